The first-order valence-electron chi connectivity index (χ1n) is 9.14. The van der Waals surface area contributed by atoms with E-state index < -0.39 is 5.91 Å². The van der Waals surface area contributed by atoms with Crippen LogP contribution in [0.5, 0.6) is 17.5 Å². The van der Waals surface area contributed by atoms with Crippen LogP contribution in [-0.4, -0.2) is 47.3 Å². The van der Waals surface area contributed by atoms with E-state index in [0.29, 0.717) is 45.9 Å². The van der Waals surface area contributed by atoms with E-state index in [9.17, 15) is 4.79 Å². The quantitative estimate of drug-likeness (QED) is 0.502. The van der Waals surface area contributed by atoms with Crippen molar-refractivity contribution in [2.24, 2.45) is 0 Å². The Morgan fingerprint density at radius 1 is 1.13 bits per heavy atom. The highest BCUT2D eigenvalue weighted by Gasteiger charge is 2.24. The molecule has 2 aromatic carbocycles. The first-order valence-corrected chi connectivity index (χ1v) is 9.89. The molecule has 1 aliphatic heterocycles. The van der Waals surface area contributed by atoms with Crippen molar-refractivity contribution in [3.63, 3.8) is 0 Å². The molecule has 0 saturated carbocycles. The van der Waals surface area contributed by atoms with Gasteiger partial charge in [0.2, 0.25) is 6.79 Å². The third-order valence-electron chi connectivity index (χ3n) is 4.23. The molecule has 8 nitrogen and oxygen atoms in total. The predicted octanol–water partition coefficient (Wildman–Crippen LogP) is 4.08. The standard InChI is InChI=1S/C20H17Cl2N3O5/c1-2-27-7-8-28-20-23-18(14-5-4-13(21)10-15(14)22)25(24-20)19(26)12-3-6-16-17(9-12)30-11-29-16/h3-6,9-10H,2,7-8,11H2,1H3. The highest BCUT2D eigenvalue weighted by atomic mass is 35.5. The summed E-state index contributed by atoms with van der Waals surface area (Å²) in [4.78, 5) is 17.6. The summed E-state index contributed by atoms with van der Waals surface area (Å²) in [5.74, 6) is 0.860. The van der Waals surface area contributed by atoms with Crippen LogP contribution >= 0.6 is 23.2 Å². The van der Waals surface area contributed by atoms with E-state index in [0.717, 1.165) is 4.68 Å². The minimum absolute atomic E-state index is 0.0322. The van der Waals surface area contributed by atoms with Crippen LogP contribution in [0.4, 0.5) is 0 Å². The van der Waals surface area contributed by atoms with Gasteiger partial charge in [0.15, 0.2) is 17.3 Å². The van der Waals surface area contributed by atoms with E-state index in [4.69, 9.17) is 42.1 Å². The van der Waals surface area contributed by atoms with Crippen molar-refractivity contribution in [1.29, 1.82) is 0 Å². The molecule has 2 heterocycles. The number of aromatic nitrogens is 3. The molecule has 0 fully saturated rings. The van der Waals surface area contributed by atoms with Crippen LogP contribution in [0.1, 0.15) is 17.3 Å². The van der Waals surface area contributed by atoms with Crippen molar-refractivity contribution in [3.8, 4) is 28.9 Å². The van der Waals surface area contributed by atoms with E-state index in [1.165, 1.54) is 0 Å². The monoisotopic (exact) mass is 449 g/mol. The Morgan fingerprint density at radius 3 is 2.77 bits per heavy atom. The summed E-state index contributed by atoms with van der Waals surface area (Å²) >= 11 is 12.3. The third-order valence-corrected chi connectivity index (χ3v) is 4.78. The zero-order chi connectivity index (χ0) is 21.1. The smallest absolute Gasteiger partial charge is 0.336 e. The third kappa shape index (κ3) is 4.21. The van der Waals surface area contributed by atoms with Crippen molar-refractivity contribution >= 4 is 29.1 Å². The first-order chi connectivity index (χ1) is 14.6. The molecule has 1 aliphatic rings. The molecule has 0 saturated heterocycles. The first kappa shape index (κ1) is 20.5. The van der Waals surface area contributed by atoms with Gasteiger partial charge in [-0.25, -0.2) is 0 Å². The molecular formula is C20H17Cl2N3O5. The van der Waals surface area contributed by atoms with Crippen LogP contribution in [0.3, 0.4) is 0 Å². The Bertz CT molecular complexity index is 1090. The summed E-state index contributed by atoms with van der Waals surface area (Å²) in [5.41, 5.74) is 0.832. The van der Waals surface area contributed by atoms with Gasteiger partial charge >= 0.3 is 6.01 Å². The summed E-state index contributed by atoms with van der Waals surface area (Å²) < 4.78 is 22.6. The number of fused-ring (bicyclic) bond motifs is 1. The topological polar surface area (TPSA) is 84.7 Å². The fourth-order valence-electron chi connectivity index (χ4n) is 2.83. The number of rotatable bonds is 7. The molecule has 0 amide bonds. The van der Waals surface area contributed by atoms with Gasteiger partial charge in [0.05, 0.1) is 11.6 Å². The number of hydrogen-bond donors (Lipinski definition) is 0. The number of ether oxygens (including phenoxy) is 4. The molecule has 10 heteroatoms. The van der Waals surface area contributed by atoms with Crippen molar-refractivity contribution in [2.75, 3.05) is 26.6 Å². The fraction of sp³-hybridized carbons (Fsp3) is 0.250. The molecule has 0 aliphatic carbocycles. The van der Waals surface area contributed by atoms with E-state index in [1.54, 1.807) is 36.4 Å². The maximum absolute atomic E-state index is 13.2. The van der Waals surface area contributed by atoms with Crippen LogP contribution in [0.15, 0.2) is 36.4 Å². The van der Waals surface area contributed by atoms with Gasteiger partial charge in [-0.3, -0.25) is 4.79 Å². The number of nitrogens with zero attached hydrogens (tertiary/aromatic N) is 3. The van der Waals surface area contributed by atoms with Gasteiger partial charge in [0.1, 0.15) is 6.61 Å². The van der Waals surface area contributed by atoms with Crippen molar-refractivity contribution in [3.05, 3.63) is 52.0 Å². The molecule has 0 bridgehead atoms. The molecule has 0 N–H and O–H groups in total. The van der Waals surface area contributed by atoms with Crippen LogP contribution in [-0.2, 0) is 4.74 Å². The van der Waals surface area contributed by atoms with Gasteiger partial charge in [-0.1, -0.05) is 23.2 Å². The van der Waals surface area contributed by atoms with Crippen molar-refractivity contribution in [2.45, 2.75) is 6.92 Å². The number of carbonyl (C=O) groups excluding carboxylic acids is 1. The molecule has 156 valence electrons. The largest absolute Gasteiger partial charge is 0.460 e. The molecule has 0 radical (unpaired) electrons. The number of benzene rings is 2. The Balaban J connectivity index is 1.71. The molecular weight excluding hydrogens is 433 g/mol. The lowest BCUT2D eigenvalue weighted by Gasteiger charge is -2.07. The summed E-state index contributed by atoms with van der Waals surface area (Å²) in [6.07, 6.45) is 0. The van der Waals surface area contributed by atoms with Gasteiger partial charge in [-0.2, -0.15) is 9.67 Å². The summed E-state index contributed by atoms with van der Waals surface area (Å²) in [5, 5.41) is 5.02. The lowest BCUT2D eigenvalue weighted by molar-refractivity contribution is 0.0937. The van der Waals surface area contributed by atoms with Crippen molar-refractivity contribution < 1.29 is 23.7 Å². The fourth-order valence-corrected chi connectivity index (χ4v) is 3.32. The van der Waals surface area contributed by atoms with Crippen LogP contribution in [0, 0.1) is 0 Å². The van der Waals surface area contributed by atoms with E-state index in [2.05, 4.69) is 10.1 Å². The molecule has 0 spiro atoms. The average Bonchev–Trinajstić information content (AvgIpc) is 3.37. The highest BCUT2D eigenvalue weighted by molar-refractivity contribution is 6.36. The van der Waals surface area contributed by atoms with Gasteiger partial charge in [-0.05, 0) is 43.3 Å². The molecule has 3 aromatic rings. The highest BCUT2D eigenvalue weighted by Crippen LogP contribution is 2.34. The normalized spacial score (nSPS) is 12.2. The molecule has 0 atom stereocenters. The number of carbonyl (C=O) groups is 1. The molecule has 4 rings (SSSR count). The second-order valence-electron chi connectivity index (χ2n) is 6.17. The van der Waals surface area contributed by atoms with Crippen LogP contribution in [0.2, 0.25) is 10.0 Å². The maximum atomic E-state index is 13.2. The van der Waals surface area contributed by atoms with Crippen molar-refractivity contribution in [1.82, 2.24) is 14.8 Å². The predicted molar refractivity (Wildman–Crippen MR) is 110 cm³/mol. The average molecular weight is 450 g/mol. The van der Waals surface area contributed by atoms with Crippen LogP contribution < -0.4 is 14.2 Å². The minimum Gasteiger partial charge on any atom is -0.460 e. The maximum Gasteiger partial charge on any atom is 0.336 e. The summed E-state index contributed by atoms with van der Waals surface area (Å²) in [6.45, 7) is 3.18. The zero-order valence-electron chi connectivity index (χ0n) is 15.9. The second kappa shape index (κ2) is 8.91. The Labute approximate surface area is 182 Å². The lowest BCUT2D eigenvalue weighted by Crippen LogP contribution is -2.15. The zero-order valence-corrected chi connectivity index (χ0v) is 17.4. The summed E-state index contributed by atoms with van der Waals surface area (Å²) in [7, 11) is 0. The second-order valence-corrected chi connectivity index (χ2v) is 7.02. The summed E-state index contributed by atoms with van der Waals surface area (Å²) in [6, 6.07) is 9.81. The lowest BCUT2D eigenvalue weighted by atomic mass is 10.1. The SMILES string of the molecule is CCOCCOc1nc(-c2ccc(Cl)cc2Cl)n(C(=O)c2ccc3c(c2)OCO3)n1. The van der Waals surface area contributed by atoms with E-state index in [1.807, 2.05) is 6.92 Å². The number of halogens is 2. The molecule has 0 unspecified atom stereocenters. The Hall–Kier alpha value is -2.81. The van der Waals surface area contributed by atoms with E-state index in [-0.39, 0.29) is 25.2 Å². The van der Waals surface area contributed by atoms with Gasteiger partial charge in [-0.15, -0.1) is 5.10 Å². The van der Waals surface area contributed by atoms with Gasteiger partial charge in [0, 0.05) is 22.8 Å². The molecule has 30 heavy (non-hydrogen) atoms. The van der Waals surface area contributed by atoms with E-state index >= 15 is 0 Å². The van der Waals surface area contributed by atoms with Gasteiger partial charge < -0.3 is 18.9 Å². The minimum atomic E-state index is -0.429. The number of hydrogen-bond acceptors (Lipinski definition) is 7. The van der Waals surface area contributed by atoms with Crippen LogP contribution in [0.25, 0.3) is 11.4 Å². The molecule has 1 aromatic heterocycles. The Morgan fingerprint density at radius 2 is 1.97 bits per heavy atom. The Kier molecular flexibility index (Phi) is 6.08. The van der Waals surface area contributed by atoms with Gasteiger partial charge in [0.25, 0.3) is 5.91 Å².